The molecule has 0 amide bonds. The van der Waals surface area contributed by atoms with Gasteiger partial charge >= 0.3 is 0 Å². The molecule has 0 saturated heterocycles. The van der Waals surface area contributed by atoms with Gasteiger partial charge in [0.2, 0.25) is 0 Å². The van der Waals surface area contributed by atoms with E-state index in [0.717, 1.165) is 42.0 Å². The molecule has 3 aromatic heterocycles. The number of thiophene rings is 1. The van der Waals surface area contributed by atoms with Crippen molar-refractivity contribution in [3.05, 3.63) is 151 Å². The van der Waals surface area contributed by atoms with Crippen LogP contribution in [0, 0.1) is 0 Å². The van der Waals surface area contributed by atoms with E-state index in [2.05, 4.69) is 24.3 Å². The number of furan rings is 1. The number of rotatable bonds is 3. The molecule has 210 valence electrons. The molecular weight excluding hydrogens is 567 g/mol. The molecule has 0 unspecified atom stereocenters. The predicted molar refractivity (Wildman–Crippen MR) is 192 cm³/mol. The third kappa shape index (κ3) is 3.68. The summed E-state index contributed by atoms with van der Waals surface area (Å²) in [5.41, 5.74) is 1.97. The van der Waals surface area contributed by atoms with E-state index in [1.165, 1.54) is 6.07 Å². The summed E-state index contributed by atoms with van der Waals surface area (Å²) in [4.78, 5) is 0. The van der Waals surface area contributed by atoms with Crippen molar-refractivity contribution in [2.75, 3.05) is 0 Å². The fraction of sp³-hybridized carbons (Fsp3) is 0. The van der Waals surface area contributed by atoms with Gasteiger partial charge in [0.15, 0.2) is 0 Å². The Balaban J connectivity index is 1.39. The molecule has 0 aliphatic heterocycles. The second-order valence-electron chi connectivity index (χ2n) is 10.8. The highest BCUT2D eigenvalue weighted by atomic mass is 32.1. The first-order valence-corrected chi connectivity index (χ1v) is 15.1. The van der Waals surface area contributed by atoms with E-state index in [1.807, 2.05) is 41.0 Å². The van der Waals surface area contributed by atoms with Crippen molar-refractivity contribution in [1.29, 1.82) is 0 Å². The van der Waals surface area contributed by atoms with Crippen LogP contribution in [0.4, 0.5) is 0 Å². The molecule has 0 aliphatic rings. The van der Waals surface area contributed by atoms with Crippen LogP contribution in [0.1, 0.15) is 16.4 Å². The van der Waals surface area contributed by atoms with Gasteiger partial charge in [-0.15, -0.1) is 11.3 Å². The molecule has 0 radical (unpaired) electrons. The lowest BCUT2D eigenvalue weighted by atomic mass is 9.97. The molecule has 2 nitrogen and oxygen atoms in total. The summed E-state index contributed by atoms with van der Waals surface area (Å²) in [5.74, 6) is 0. The fourth-order valence-corrected chi connectivity index (χ4v) is 7.61. The number of nitrogens with zero attached hydrogens (tertiary/aromatic N) is 1. The Morgan fingerprint density at radius 3 is 2.18 bits per heavy atom. The van der Waals surface area contributed by atoms with Crippen molar-refractivity contribution in [2.24, 2.45) is 0 Å². The van der Waals surface area contributed by atoms with Gasteiger partial charge in [0.05, 0.1) is 32.2 Å². The van der Waals surface area contributed by atoms with Gasteiger partial charge in [-0.05, 0) is 70.7 Å². The molecule has 7 aromatic carbocycles. The molecule has 45 heavy (non-hydrogen) atoms. The van der Waals surface area contributed by atoms with E-state index in [9.17, 15) is 2.74 Å². The lowest BCUT2D eigenvalue weighted by Crippen LogP contribution is -1.96. The highest BCUT2D eigenvalue weighted by Crippen LogP contribution is 2.44. The zero-order valence-electron chi connectivity index (χ0n) is 35.3. The summed E-state index contributed by atoms with van der Waals surface area (Å²) in [6.45, 7) is 0. The number of hydrogen-bond acceptors (Lipinski definition) is 2. The number of para-hydroxylation sites is 2. The molecule has 10 aromatic rings. The van der Waals surface area contributed by atoms with Crippen LogP contribution in [0.25, 0.3) is 91.9 Å². The van der Waals surface area contributed by atoms with Gasteiger partial charge in [-0.1, -0.05) is 103 Å². The van der Waals surface area contributed by atoms with Gasteiger partial charge in [-0.2, -0.15) is 0 Å². The van der Waals surface area contributed by atoms with Crippen LogP contribution in [-0.2, 0) is 0 Å². The Kier molecular flexibility index (Phi) is 3.33. The van der Waals surface area contributed by atoms with Gasteiger partial charge in [0.1, 0.15) is 11.2 Å². The Labute approximate surface area is 279 Å². The number of fused-ring (bicyclic) bond motifs is 10. The van der Waals surface area contributed by atoms with E-state index in [0.29, 0.717) is 5.69 Å². The van der Waals surface area contributed by atoms with Crippen LogP contribution in [-0.4, -0.2) is 4.57 Å². The molecule has 0 bridgehead atoms. The van der Waals surface area contributed by atoms with Crippen molar-refractivity contribution in [3.63, 3.8) is 0 Å². The second kappa shape index (κ2) is 9.43. The van der Waals surface area contributed by atoms with Crippen LogP contribution in [0.5, 0.6) is 0 Å². The maximum Gasteiger partial charge on any atom is 0.135 e. The third-order valence-electron chi connectivity index (χ3n) is 8.32. The lowest BCUT2D eigenvalue weighted by molar-refractivity contribution is 0.669. The maximum atomic E-state index is 9.56. The predicted octanol–water partition coefficient (Wildman–Crippen LogP) is 12.4. The highest BCUT2D eigenvalue weighted by molar-refractivity contribution is 7.26. The molecule has 3 heteroatoms. The summed E-state index contributed by atoms with van der Waals surface area (Å²) >= 11 is 1.63. The number of aromatic nitrogens is 1. The van der Waals surface area contributed by atoms with Crippen molar-refractivity contribution < 1.29 is 20.9 Å². The van der Waals surface area contributed by atoms with E-state index in [-0.39, 0.29) is 50.2 Å². The molecule has 0 spiro atoms. The lowest BCUT2D eigenvalue weighted by Gasteiger charge is -2.14. The summed E-state index contributed by atoms with van der Waals surface area (Å²) in [7, 11) is 0. The van der Waals surface area contributed by atoms with Crippen LogP contribution < -0.4 is 0 Å². The van der Waals surface area contributed by atoms with Crippen molar-refractivity contribution in [2.45, 2.75) is 0 Å². The molecular formula is C42H25NOS. The van der Waals surface area contributed by atoms with Gasteiger partial charge in [0.25, 0.3) is 0 Å². The van der Waals surface area contributed by atoms with Crippen molar-refractivity contribution >= 4 is 75.3 Å². The van der Waals surface area contributed by atoms with Crippen LogP contribution >= 0.6 is 11.3 Å². The number of benzene rings is 7. The van der Waals surface area contributed by atoms with Crippen LogP contribution in [0.2, 0.25) is 0 Å². The minimum Gasteiger partial charge on any atom is -0.456 e. The first kappa shape index (κ1) is 15.9. The summed E-state index contributed by atoms with van der Waals surface area (Å²) < 4.78 is 115. The van der Waals surface area contributed by atoms with E-state index in [4.69, 9.17) is 18.1 Å². The molecule has 0 N–H and O–H groups in total. The molecule has 0 atom stereocenters. The fourth-order valence-electron chi connectivity index (χ4n) is 6.37. The Morgan fingerprint density at radius 1 is 0.533 bits per heavy atom. The van der Waals surface area contributed by atoms with Crippen LogP contribution in [0.15, 0.2) is 156 Å². The summed E-state index contributed by atoms with van der Waals surface area (Å²) in [6, 6.07) is 19.5. The summed E-state index contributed by atoms with van der Waals surface area (Å²) in [6.07, 6.45) is 0. The van der Waals surface area contributed by atoms with E-state index in [1.54, 1.807) is 23.5 Å². The maximum absolute atomic E-state index is 9.56. The van der Waals surface area contributed by atoms with Gasteiger partial charge in [0, 0.05) is 42.7 Å². The SMILES string of the molecule is [2H]c1c([2H])c([2H])c(-c2cc(-c3c([2H])c([2H])c4oc5c([2H])c([2H])c([2H])c([2H])c5c4c3[2H])cc(-n3c4ccccc4c4ccc5c6ccccc6sc5c43)c2)c([2H])c1[2H]. The van der Waals surface area contributed by atoms with Crippen molar-refractivity contribution in [1.82, 2.24) is 4.57 Å². The smallest absolute Gasteiger partial charge is 0.135 e. The number of hydrogen-bond donors (Lipinski definition) is 0. The first-order chi connectivity index (χ1) is 27.3. The Bertz CT molecular complexity index is 3430. The molecule has 0 fully saturated rings. The zero-order chi connectivity index (χ0) is 39.9. The average Bonchev–Trinajstić information content (AvgIpc) is 3.91. The minimum atomic E-state index is -0.553. The quantitative estimate of drug-likeness (QED) is 0.196. The van der Waals surface area contributed by atoms with E-state index >= 15 is 0 Å². The molecule has 3 heterocycles. The highest BCUT2D eigenvalue weighted by Gasteiger charge is 2.19. The summed E-state index contributed by atoms with van der Waals surface area (Å²) in [5, 5.41) is 3.87. The average molecular weight is 604 g/mol. The largest absolute Gasteiger partial charge is 0.456 e. The second-order valence-corrected chi connectivity index (χ2v) is 11.9. The Hall–Kier alpha value is -5.64. The standard InChI is InChI=1S/C42H25NOS/c1-2-10-26(11-3-1)28-22-29(27-18-21-39-36(25-27)32-13-5-8-16-38(32)44-39)24-30(23-28)43-37-15-7-4-12-31(37)34-19-20-35-33-14-6-9-17-40(33)45-42(35)41(34)43/h1-25H/i1D,2D,3D,5D,8D,10D,11D,13D,16D,18D,21D,25D. The third-order valence-corrected chi connectivity index (χ3v) is 9.51. The molecule has 10 rings (SSSR count). The van der Waals surface area contributed by atoms with Gasteiger partial charge in [-0.25, -0.2) is 0 Å². The molecule has 0 aliphatic carbocycles. The minimum absolute atomic E-state index is 0.0633. The Morgan fingerprint density at radius 2 is 1.27 bits per heavy atom. The van der Waals surface area contributed by atoms with Gasteiger partial charge in [-0.3, -0.25) is 0 Å². The topological polar surface area (TPSA) is 18.1 Å². The van der Waals surface area contributed by atoms with Gasteiger partial charge < -0.3 is 8.98 Å². The van der Waals surface area contributed by atoms with E-state index < -0.39 is 66.5 Å². The monoisotopic (exact) mass is 603 g/mol. The van der Waals surface area contributed by atoms with Crippen molar-refractivity contribution in [3.8, 4) is 27.9 Å². The normalized spacial score (nSPS) is 15.7. The molecule has 0 saturated carbocycles. The van der Waals surface area contributed by atoms with Crippen LogP contribution in [0.3, 0.4) is 0 Å². The first-order valence-electron chi connectivity index (χ1n) is 20.3. The zero-order valence-corrected chi connectivity index (χ0v) is 24.1.